The first-order valence-corrected chi connectivity index (χ1v) is 10.7. The monoisotopic (exact) mass is 446 g/mol. The molecule has 1 aliphatic heterocycles. The lowest BCUT2D eigenvalue weighted by atomic mass is 9.92. The summed E-state index contributed by atoms with van der Waals surface area (Å²) in [4.78, 5) is 21.5. The summed E-state index contributed by atoms with van der Waals surface area (Å²) in [7, 11) is 0. The van der Waals surface area contributed by atoms with Crippen molar-refractivity contribution in [3.8, 4) is 11.8 Å². The van der Waals surface area contributed by atoms with Gasteiger partial charge in [-0.25, -0.2) is 4.98 Å². The molecule has 0 saturated carbocycles. The van der Waals surface area contributed by atoms with Crippen molar-refractivity contribution in [2.45, 2.75) is 31.7 Å². The van der Waals surface area contributed by atoms with Crippen molar-refractivity contribution in [3.05, 3.63) is 70.8 Å². The molecule has 5 rings (SSSR count). The van der Waals surface area contributed by atoms with E-state index in [0.29, 0.717) is 45.4 Å². The van der Waals surface area contributed by atoms with E-state index in [0.717, 1.165) is 12.8 Å². The number of halogens is 1. The summed E-state index contributed by atoms with van der Waals surface area (Å²) in [5.74, 6) is 0.393. The number of hydrogen-bond acceptors (Lipinski definition) is 6. The number of carbonyl (C=O) groups is 1. The Morgan fingerprint density at radius 2 is 2.00 bits per heavy atom. The van der Waals surface area contributed by atoms with Gasteiger partial charge in [0.1, 0.15) is 5.52 Å². The smallest absolute Gasteiger partial charge is 0.256 e. The molecule has 32 heavy (non-hydrogen) atoms. The van der Waals surface area contributed by atoms with E-state index in [9.17, 15) is 10.1 Å². The van der Waals surface area contributed by atoms with Gasteiger partial charge in [-0.1, -0.05) is 11.6 Å². The van der Waals surface area contributed by atoms with Crippen LogP contribution in [-0.4, -0.2) is 43.4 Å². The summed E-state index contributed by atoms with van der Waals surface area (Å²) in [6, 6.07) is 12.4. The SMILES string of the molecule is CC1CCC(c2nc3cc(Cl)ccc3o2)CN1C(=O)c1cc(C#N)ccc1-n1nccn1. The Bertz CT molecular complexity index is 1340. The van der Waals surface area contributed by atoms with Crippen LogP contribution in [0, 0.1) is 11.3 Å². The van der Waals surface area contributed by atoms with Gasteiger partial charge in [0.05, 0.1) is 41.2 Å². The molecule has 0 radical (unpaired) electrons. The quantitative estimate of drug-likeness (QED) is 0.464. The standard InChI is InChI=1S/C23H19ClN6O2/c1-14-2-4-16(22-28-19-11-17(24)5-7-21(19)32-22)13-29(14)23(31)18-10-15(12-25)3-6-20(18)30-26-8-9-27-30/h3,5-11,14,16H,2,4,13H2,1H3. The molecule has 2 aromatic carbocycles. The zero-order valence-electron chi connectivity index (χ0n) is 17.3. The van der Waals surface area contributed by atoms with Crippen molar-refractivity contribution in [2.24, 2.45) is 0 Å². The number of nitrogens with zero attached hydrogens (tertiary/aromatic N) is 6. The predicted octanol–water partition coefficient (Wildman–Crippen LogP) is 4.34. The summed E-state index contributed by atoms with van der Waals surface area (Å²) in [5.41, 5.74) is 2.70. The molecule has 1 saturated heterocycles. The van der Waals surface area contributed by atoms with Crippen LogP contribution >= 0.6 is 11.6 Å². The number of hydrogen-bond donors (Lipinski definition) is 0. The molecule has 8 nitrogen and oxygen atoms in total. The lowest BCUT2D eigenvalue weighted by molar-refractivity contribution is 0.0597. The molecule has 0 N–H and O–H groups in total. The van der Waals surface area contributed by atoms with Crippen LogP contribution in [0.3, 0.4) is 0 Å². The van der Waals surface area contributed by atoms with Crippen molar-refractivity contribution in [2.75, 3.05) is 6.54 Å². The van der Waals surface area contributed by atoms with Crippen molar-refractivity contribution in [3.63, 3.8) is 0 Å². The molecular weight excluding hydrogens is 428 g/mol. The minimum atomic E-state index is -0.175. The average molecular weight is 447 g/mol. The zero-order valence-corrected chi connectivity index (χ0v) is 18.0. The number of piperidine rings is 1. The fraction of sp³-hybridized carbons (Fsp3) is 0.261. The maximum atomic E-state index is 13.7. The number of likely N-dealkylation sites (tertiary alicyclic amines) is 1. The second-order valence-electron chi connectivity index (χ2n) is 7.91. The Balaban J connectivity index is 1.48. The highest BCUT2D eigenvalue weighted by Gasteiger charge is 2.34. The molecule has 160 valence electrons. The maximum Gasteiger partial charge on any atom is 0.256 e. The third kappa shape index (κ3) is 3.61. The first-order valence-electron chi connectivity index (χ1n) is 10.3. The van der Waals surface area contributed by atoms with Crippen LogP contribution in [0.2, 0.25) is 5.02 Å². The van der Waals surface area contributed by atoms with Gasteiger partial charge in [-0.05, 0) is 56.2 Å². The molecule has 4 aromatic rings. The molecule has 1 aliphatic rings. The highest BCUT2D eigenvalue weighted by molar-refractivity contribution is 6.31. The summed E-state index contributed by atoms with van der Waals surface area (Å²) >= 11 is 6.08. The van der Waals surface area contributed by atoms with Crippen LogP contribution in [0.1, 0.15) is 47.5 Å². The van der Waals surface area contributed by atoms with Crippen LogP contribution in [0.5, 0.6) is 0 Å². The third-order valence-electron chi connectivity index (χ3n) is 5.85. The van der Waals surface area contributed by atoms with Crippen molar-refractivity contribution in [1.29, 1.82) is 5.26 Å². The van der Waals surface area contributed by atoms with E-state index in [1.165, 1.54) is 4.80 Å². The second kappa shape index (κ2) is 8.09. The number of nitriles is 1. The molecule has 3 heterocycles. The minimum Gasteiger partial charge on any atom is -0.440 e. The molecule has 2 aromatic heterocycles. The van der Waals surface area contributed by atoms with E-state index in [2.05, 4.69) is 21.3 Å². The molecule has 0 bridgehead atoms. The van der Waals surface area contributed by atoms with E-state index in [1.807, 2.05) is 11.8 Å². The number of fused-ring (bicyclic) bond motifs is 1. The number of aromatic nitrogens is 4. The largest absolute Gasteiger partial charge is 0.440 e. The molecule has 2 atom stereocenters. The summed E-state index contributed by atoms with van der Waals surface area (Å²) in [5, 5.41) is 18.3. The van der Waals surface area contributed by atoms with Gasteiger partial charge in [0, 0.05) is 17.6 Å². The van der Waals surface area contributed by atoms with Gasteiger partial charge in [0.15, 0.2) is 11.5 Å². The van der Waals surface area contributed by atoms with Gasteiger partial charge in [-0.15, -0.1) is 0 Å². The highest BCUT2D eigenvalue weighted by Crippen LogP contribution is 2.33. The van der Waals surface area contributed by atoms with Gasteiger partial charge in [-0.2, -0.15) is 20.3 Å². The number of amides is 1. The summed E-state index contributed by atoms with van der Waals surface area (Å²) in [6.07, 6.45) is 4.76. The summed E-state index contributed by atoms with van der Waals surface area (Å²) in [6.45, 7) is 2.49. The maximum absolute atomic E-state index is 13.7. The number of oxazole rings is 1. The summed E-state index contributed by atoms with van der Waals surface area (Å²) < 4.78 is 5.98. The number of benzene rings is 2. The minimum absolute atomic E-state index is 0.0294. The third-order valence-corrected chi connectivity index (χ3v) is 6.08. The Kier molecular flexibility index (Phi) is 5.11. The van der Waals surface area contributed by atoms with Gasteiger partial charge in [0.25, 0.3) is 5.91 Å². The van der Waals surface area contributed by atoms with Crippen LogP contribution in [0.25, 0.3) is 16.8 Å². The van der Waals surface area contributed by atoms with Crippen LogP contribution in [-0.2, 0) is 0 Å². The normalized spacial score (nSPS) is 18.6. The van der Waals surface area contributed by atoms with E-state index >= 15 is 0 Å². The fourth-order valence-electron chi connectivity index (χ4n) is 4.13. The molecule has 1 amide bonds. The number of carbonyl (C=O) groups excluding carboxylic acids is 1. The van der Waals surface area contributed by atoms with Gasteiger partial charge >= 0.3 is 0 Å². The van der Waals surface area contributed by atoms with Gasteiger partial charge in [-0.3, -0.25) is 4.79 Å². The average Bonchev–Trinajstić information content (AvgIpc) is 3.48. The lowest BCUT2D eigenvalue weighted by Crippen LogP contribution is -2.45. The van der Waals surface area contributed by atoms with E-state index in [-0.39, 0.29) is 17.9 Å². The number of rotatable bonds is 3. The zero-order chi connectivity index (χ0) is 22.2. The molecule has 9 heteroatoms. The Labute approximate surface area is 189 Å². The second-order valence-corrected chi connectivity index (χ2v) is 8.34. The van der Waals surface area contributed by atoms with Crippen LogP contribution in [0.15, 0.2) is 53.2 Å². The van der Waals surface area contributed by atoms with Gasteiger partial charge in [0.2, 0.25) is 0 Å². The molecule has 0 aliphatic carbocycles. The lowest BCUT2D eigenvalue weighted by Gasteiger charge is -2.37. The van der Waals surface area contributed by atoms with Crippen LogP contribution in [0.4, 0.5) is 0 Å². The van der Waals surface area contributed by atoms with Crippen molar-refractivity contribution >= 4 is 28.6 Å². The molecule has 1 fully saturated rings. The molecular formula is C23H19ClN6O2. The van der Waals surface area contributed by atoms with Crippen molar-refractivity contribution < 1.29 is 9.21 Å². The Morgan fingerprint density at radius 3 is 2.78 bits per heavy atom. The van der Waals surface area contributed by atoms with E-state index in [1.54, 1.807) is 48.8 Å². The Morgan fingerprint density at radius 1 is 1.19 bits per heavy atom. The van der Waals surface area contributed by atoms with Crippen LogP contribution < -0.4 is 0 Å². The highest BCUT2D eigenvalue weighted by atomic mass is 35.5. The topological polar surface area (TPSA) is 101 Å². The van der Waals surface area contributed by atoms with E-state index in [4.69, 9.17) is 16.0 Å². The van der Waals surface area contributed by atoms with Crippen molar-refractivity contribution in [1.82, 2.24) is 24.9 Å². The molecule has 2 unspecified atom stereocenters. The first kappa shape index (κ1) is 20.2. The first-order chi connectivity index (χ1) is 15.5. The van der Waals surface area contributed by atoms with Gasteiger partial charge < -0.3 is 9.32 Å². The fourth-order valence-corrected chi connectivity index (χ4v) is 4.30. The molecule has 0 spiro atoms. The van der Waals surface area contributed by atoms with E-state index < -0.39 is 0 Å². The Hall–Kier alpha value is -3.70. The predicted molar refractivity (Wildman–Crippen MR) is 118 cm³/mol.